The standard InChI is InChI=1S/C16H15N3O4/c1-3-21-15(20)12-8-14(23-19-12)13-9-22-16(18-13)17-11-6-4-10(2)5-7-11/h4-9H,3H2,1-2H3,(H,17,18). The van der Waals surface area contributed by atoms with Crippen LogP contribution in [0, 0.1) is 6.92 Å². The minimum atomic E-state index is -0.538. The maximum Gasteiger partial charge on any atom is 0.360 e. The van der Waals surface area contributed by atoms with E-state index < -0.39 is 5.97 Å². The monoisotopic (exact) mass is 313 g/mol. The second-order valence-corrected chi connectivity index (χ2v) is 4.83. The summed E-state index contributed by atoms with van der Waals surface area (Å²) in [5, 5.41) is 6.70. The smallest absolute Gasteiger partial charge is 0.360 e. The van der Waals surface area contributed by atoms with Gasteiger partial charge in [0.25, 0.3) is 6.01 Å². The van der Waals surface area contributed by atoms with E-state index in [1.165, 1.54) is 12.3 Å². The molecule has 0 aliphatic heterocycles. The van der Waals surface area contributed by atoms with Gasteiger partial charge in [-0.05, 0) is 26.0 Å². The van der Waals surface area contributed by atoms with Gasteiger partial charge in [0, 0.05) is 11.8 Å². The first-order valence-corrected chi connectivity index (χ1v) is 7.09. The van der Waals surface area contributed by atoms with Gasteiger partial charge >= 0.3 is 5.97 Å². The number of oxazole rings is 1. The first-order valence-electron chi connectivity index (χ1n) is 7.09. The van der Waals surface area contributed by atoms with Crippen LogP contribution in [0.15, 0.2) is 45.5 Å². The fraction of sp³-hybridized carbons (Fsp3) is 0.188. The summed E-state index contributed by atoms with van der Waals surface area (Å²) >= 11 is 0. The summed E-state index contributed by atoms with van der Waals surface area (Å²) in [6, 6.07) is 9.59. The molecule has 2 heterocycles. The number of benzene rings is 1. The van der Waals surface area contributed by atoms with E-state index >= 15 is 0 Å². The van der Waals surface area contributed by atoms with Crippen molar-refractivity contribution in [3.05, 3.63) is 47.9 Å². The number of aromatic nitrogens is 2. The van der Waals surface area contributed by atoms with Crippen molar-refractivity contribution in [1.82, 2.24) is 10.1 Å². The summed E-state index contributed by atoms with van der Waals surface area (Å²) in [6.45, 7) is 4.01. The van der Waals surface area contributed by atoms with Crippen LogP contribution in [0.2, 0.25) is 0 Å². The van der Waals surface area contributed by atoms with Gasteiger partial charge in [0.1, 0.15) is 12.0 Å². The first-order chi connectivity index (χ1) is 11.2. The summed E-state index contributed by atoms with van der Waals surface area (Å²) in [4.78, 5) is 15.8. The van der Waals surface area contributed by atoms with Crippen LogP contribution < -0.4 is 5.32 Å². The molecule has 0 atom stereocenters. The Morgan fingerprint density at radius 3 is 2.83 bits per heavy atom. The zero-order valence-corrected chi connectivity index (χ0v) is 12.7. The number of rotatable bonds is 5. The molecule has 0 bridgehead atoms. The van der Waals surface area contributed by atoms with Crippen LogP contribution in [-0.4, -0.2) is 22.7 Å². The molecule has 0 unspecified atom stereocenters. The molecule has 23 heavy (non-hydrogen) atoms. The molecule has 0 spiro atoms. The van der Waals surface area contributed by atoms with E-state index in [2.05, 4.69) is 15.5 Å². The van der Waals surface area contributed by atoms with Gasteiger partial charge in [0.2, 0.25) is 0 Å². The second kappa shape index (κ2) is 6.35. The van der Waals surface area contributed by atoms with E-state index in [0.717, 1.165) is 11.3 Å². The van der Waals surface area contributed by atoms with Crippen LogP contribution in [0.25, 0.3) is 11.5 Å². The lowest BCUT2D eigenvalue weighted by molar-refractivity contribution is 0.0514. The Morgan fingerprint density at radius 1 is 1.30 bits per heavy atom. The largest absolute Gasteiger partial charge is 0.461 e. The van der Waals surface area contributed by atoms with Crippen LogP contribution in [0.1, 0.15) is 23.0 Å². The van der Waals surface area contributed by atoms with E-state index in [4.69, 9.17) is 13.7 Å². The predicted molar refractivity (Wildman–Crippen MR) is 82.4 cm³/mol. The van der Waals surface area contributed by atoms with Crippen LogP contribution in [-0.2, 0) is 4.74 Å². The molecule has 1 aromatic carbocycles. The Balaban J connectivity index is 1.74. The minimum Gasteiger partial charge on any atom is -0.461 e. The zero-order chi connectivity index (χ0) is 16.2. The molecular weight excluding hydrogens is 298 g/mol. The molecule has 0 aliphatic rings. The highest BCUT2D eigenvalue weighted by Gasteiger charge is 2.17. The molecule has 3 aromatic rings. The van der Waals surface area contributed by atoms with Crippen LogP contribution in [0.5, 0.6) is 0 Å². The summed E-state index contributed by atoms with van der Waals surface area (Å²) < 4.78 is 15.3. The quantitative estimate of drug-likeness (QED) is 0.720. The summed E-state index contributed by atoms with van der Waals surface area (Å²) in [6.07, 6.45) is 1.42. The first kappa shape index (κ1) is 14.8. The molecule has 7 nitrogen and oxygen atoms in total. The molecular formula is C16H15N3O4. The SMILES string of the molecule is CCOC(=O)c1cc(-c2coc(Nc3ccc(C)cc3)n2)on1. The molecule has 1 N–H and O–H groups in total. The fourth-order valence-electron chi connectivity index (χ4n) is 1.90. The van der Waals surface area contributed by atoms with Crippen molar-refractivity contribution in [2.45, 2.75) is 13.8 Å². The molecule has 3 rings (SSSR count). The lowest BCUT2D eigenvalue weighted by Gasteiger charge is -2.00. The molecule has 7 heteroatoms. The summed E-state index contributed by atoms with van der Waals surface area (Å²) in [7, 11) is 0. The Bertz CT molecular complexity index is 805. The number of carbonyl (C=O) groups excluding carboxylic acids is 1. The third-order valence-corrected chi connectivity index (χ3v) is 3.05. The number of aryl methyl sites for hydroxylation is 1. The van der Waals surface area contributed by atoms with Gasteiger partial charge in [-0.3, -0.25) is 0 Å². The van der Waals surface area contributed by atoms with Crippen molar-refractivity contribution >= 4 is 17.7 Å². The highest BCUT2D eigenvalue weighted by Crippen LogP contribution is 2.24. The van der Waals surface area contributed by atoms with Crippen molar-refractivity contribution in [2.24, 2.45) is 0 Å². The van der Waals surface area contributed by atoms with Gasteiger partial charge < -0.3 is 19.0 Å². The fourth-order valence-corrected chi connectivity index (χ4v) is 1.90. The molecule has 0 saturated heterocycles. The van der Waals surface area contributed by atoms with Gasteiger partial charge in [0.15, 0.2) is 11.5 Å². The number of hydrogen-bond donors (Lipinski definition) is 1. The number of nitrogens with zero attached hydrogens (tertiary/aromatic N) is 2. The van der Waals surface area contributed by atoms with Gasteiger partial charge in [-0.1, -0.05) is 22.9 Å². The van der Waals surface area contributed by atoms with E-state index in [1.54, 1.807) is 6.92 Å². The average Bonchev–Trinajstić information content (AvgIpc) is 3.19. The number of ether oxygens (including phenoxy) is 1. The number of esters is 1. The minimum absolute atomic E-state index is 0.0953. The maximum absolute atomic E-state index is 11.6. The van der Waals surface area contributed by atoms with E-state index in [1.807, 2.05) is 31.2 Å². The molecule has 0 saturated carbocycles. The van der Waals surface area contributed by atoms with Crippen molar-refractivity contribution in [3.8, 4) is 11.5 Å². The normalized spacial score (nSPS) is 10.5. The van der Waals surface area contributed by atoms with Crippen LogP contribution in [0.4, 0.5) is 11.7 Å². The second-order valence-electron chi connectivity index (χ2n) is 4.83. The summed E-state index contributed by atoms with van der Waals surface area (Å²) in [5.74, 6) is -0.210. The van der Waals surface area contributed by atoms with Crippen molar-refractivity contribution < 1.29 is 18.5 Å². The zero-order valence-electron chi connectivity index (χ0n) is 12.7. The van der Waals surface area contributed by atoms with Crippen molar-refractivity contribution in [1.29, 1.82) is 0 Å². The number of hydrogen-bond acceptors (Lipinski definition) is 7. The van der Waals surface area contributed by atoms with Gasteiger partial charge in [-0.25, -0.2) is 4.79 Å². The Morgan fingerprint density at radius 2 is 2.09 bits per heavy atom. The lowest BCUT2D eigenvalue weighted by Crippen LogP contribution is -2.04. The number of nitrogens with one attached hydrogen (secondary N) is 1. The summed E-state index contributed by atoms with van der Waals surface area (Å²) in [5.41, 5.74) is 2.55. The molecule has 118 valence electrons. The van der Waals surface area contributed by atoms with E-state index in [0.29, 0.717) is 17.5 Å². The van der Waals surface area contributed by atoms with Crippen molar-refractivity contribution in [2.75, 3.05) is 11.9 Å². The Hall–Kier alpha value is -3.09. The molecule has 0 aliphatic carbocycles. The molecule has 0 radical (unpaired) electrons. The molecule has 2 aromatic heterocycles. The number of anilines is 2. The van der Waals surface area contributed by atoms with E-state index in [-0.39, 0.29) is 12.3 Å². The van der Waals surface area contributed by atoms with Crippen LogP contribution >= 0.6 is 0 Å². The Kier molecular flexibility index (Phi) is 4.09. The van der Waals surface area contributed by atoms with Gasteiger partial charge in [-0.15, -0.1) is 0 Å². The van der Waals surface area contributed by atoms with Gasteiger partial charge in [-0.2, -0.15) is 4.98 Å². The topological polar surface area (TPSA) is 90.4 Å². The molecule has 0 amide bonds. The number of carbonyl (C=O) groups is 1. The molecule has 0 fully saturated rings. The highest BCUT2D eigenvalue weighted by atomic mass is 16.5. The maximum atomic E-state index is 11.6. The van der Waals surface area contributed by atoms with Crippen LogP contribution in [0.3, 0.4) is 0 Å². The predicted octanol–water partition coefficient (Wildman–Crippen LogP) is 3.56. The lowest BCUT2D eigenvalue weighted by atomic mass is 10.2. The third-order valence-electron chi connectivity index (χ3n) is 3.05. The Labute approximate surface area is 132 Å². The van der Waals surface area contributed by atoms with Gasteiger partial charge in [0.05, 0.1) is 6.61 Å². The average molecular weight is 313 g/mol. The third kappa shape index (κ3) is 3.39. The van der Waals surface area contributed by atoms with Crippen molar-refractivity contribution in [3.63, 3.8) is 0 Å². The highest BCUT2D eigenvalue weighted by molar-refractivity contribution is 5.88. The van der Waals surface area contributed by atoms with E-state index in [9.17, 15) is 4.79 Å².